The highest BCUT2D eigenvalue weighted by Gasteiger charge is 2.16. The SMILES string of the molecule is COc1c(F)cc(C(=O)Cl)c2cccnc12.Cl. The van der Waals surface area contributed by atoms with E-state index in [1.165, 1.54) is 13.3 Å². The molecule has 0 aliphatic carbocycles. The number of nitrogens with zero attached hydrogens (tertiary/aromatic N) is 1. The zero-order chi connectivity index (χ0) is 11.7. The van der Waals surface area contributed by atoms with Gasteiger partial charge in [0.1, 0.15) is 5.52 Å². The molecule has 0 saturated heterocycles. The third-order valence-electron chi connectivity index (χ3n) is 2.22. The number of methoxy groups -OCH3 is 1. The summed E-state index contributed by atoms with van der Waals surface area (Å²) in [4.78, 5) is 15.1. The van der Waals surface area contributed by atoms with E-state index in [-0.39, 0.29) is 29.2 Å². The molecule has 0 aliphatic rings. The van der Waals surface area contributed by atoms with Crippen LogP contribution in [0.5, 0.6) is 5.75 Å². The quantitative estimate of drug-likeness (QED) is 0.791. The van der Waals surface area contributed by atoms with E-state index >= 15 is 0 Å². The minimum atomic E-state index is -0.723. The molecule has 0 amide bonds. The molecule has 6 heteroatoms. The monoisotopic (exact) mass is 275 g/mol. The summed E-state index contributed by atoms with van der Waals surface area (Å²) in [6.07, 6.45) is 1.49. The van der Waals surface area contributed by atoms with Gasteiger partial charge in [-0.15, -0.1) is 12.4 Å². The maximum atomic E-state index is 13.6. The van der Waals surface area contributed by atoms with Gasteiger partial charge in [-0.3, -0.25) is 9.78 Å². The Balaban J connectivity index is 0.00000144. The lowest BCUT2D eigenvalue weighted by Gasteiger charge is -2.08. The van der Waals surface area contributed by atoms with Crippen molar-refractivity contribution in [2.24, 2.45) is 0 Å². The summed E-state index contributed by atoms with van der Waals surface area (Å²) in [5.74, 6) is -0.644. The molecule has 0 saturated carbocycles. The Hall–Kier alpha value is -1.39. The summed E-state index contributed by atoms with van der Waals surface area (Å²) >= 11 is 5.38. The van der Waals surface area contributed by atoms with E-state index < -0.39 is 11.1 Å². The molecule has 2 aromatic rings. The molecule has 0 N–H and O–H groups in total. The molecule has 2 rings (SSSR count). The standard InChI is InChI=1S/C11H7ClFNO2.ClH/c1-16-10-8(13)5-7(11(12)15)6-3-2-4-14-9(6)10;/h2-5H,1H3;1H. The lowest BCUT2D eigenvalue weighted by atomic mass is 10.1. The summed E-state index contributed by atoms with van der Waals surface area (Å²) in [6, 6.07) is 4.33. The van der Waals surface area contributed by atoms with Crippen molar-refractivity contribution in [1.82, 2.24) is 4.98 Å². The number of aromatic nitrogens is 1. The number of halogens is 3. The van der Waals surface area contributed by atoms with Gasteiger partial charge in [0, 0.05) is 17.1 Å². The lowest BCUT2D eigenvalue weighted by Crippen LogP contribution is -1.98. The van der Waals surface area contributed by atoms with Gasteiger partial charge in [-0.25, -0.2) is 4.39 Å². The van der Waals surface area contributed by atoms with Crippen LogP contribution < -0.4 is 4.74 Å². The second kappa shape index (κ2) is 5.29. The number of hydrogen-bond acceptors (Lipinski definition) is 3. The molecule has 0 unspecified atom stereocenters. The molecule has 1 aromatic heterocycles. The van der Waals surface area contributed by atoms with Gasteiger partial charge in [-0.1, -0.05) is 6.07 Å². The van der Waals surface area contributed by atoms with Crippen molar-refractivity contribution < 1.29 is 13.9 Å². The number of pyridine rings is 1. The molecule has 0 atom stereocenters. The molecule has 1 heterocycles. The van der Waals surface area contributed by atoms with E-state index in [4.69, 9.17) is 16.3 Å². The smallest absolute Gasteiger partial charge is 0.253 e. The first-order chi connectivity index (χ1) is 7.65. The maximum absolute atomic E-state index is 13.6. The van der Waals surface area contributed by atoms with Crippen LogP contribution in [0.2, 0.25) is 0 Å². The fraction of sp³-hybridized carbons (Fsp3) is 0.0909. The van der Waals surface area contributed by atoms with Gasteiger partial charge in [0.15, 0.2) is 11.6 Å². The lowest BCUT2D eigenvalue weighted by molar-refractivity contribution is 0.108. The Labute approximate surface area is 108 Å². The summed E-state index contributed by atoms with van der Waals surface area (Å²) in [7, 11) is 1.34. The number of hydrogen-bond donors (Lipinski definition) is 0. The minimum absolute atomic E-state index is 0. The topological polar surface area (TPSA) is 39.2 Å². The molecule has 0 aliphatic heterocycles. The van der Waals surface area contributed by atoms with Crippen LogP contribution in [0.15, 0.2) is 24.4 Å². The molecule has 0 fully saturated rings. The Bertz CT molecular complexity index is 575. The Morgan fingerprint density at radius 1 is 1.53 bits per heavy atom. The fourth-order valence-corrected chi connectivity index (χ4v) is 1.70. The number of carbonyl (C=O) groups is 1. The third-order valence-corrected chi connectivity index (χ3v) is 2.42. The fourth-order valence-electron chi connectivity index (χ4n) is 1.54. The maximum Gasteiger partial charge on any atom is 0.253 e. The van der Waals surface area contributed by atoms with Crippen LogP contribution in [0.1, 0.15) is 10.4 Å². The first kappa shape index (κ1) is 13.7. The summed E-state index contributed by atoms with van der Waals surface area (Å²) in [5, 5.41) is -0.250. The molecule has 0 bridgehead atoms. The van der Waals surface area contributed by atoms with Crippen LogP contribution in [-0.4, -0.2) is 17.3 Å². The van der Waals surface area contributed by atoms with Crippen LogP contribution in [0.25, 0.3) is 10.9 Å². The molecule has 17 heavy (non-hydrogen) atoms. The second-order valence-corrected chi connectivity index (χ2v) is 3.46. The van der Waals surface area contributed by atoms with Crippen molar-refractivity contribution in [3.05, 3.63) is 35.8 Å². The molecule has 1 aromatic carbocycles. The zero-order valence-corrected chi connectivity index (χ0v) is 10.3. The number of carbonyl (C=O) groups excluding carboxylic acids is 1. The Kier molecular flexibility index (Phi) is 4.26. The van der Waals surface area contributed by atoms with Crippen LogP contribution in [0.3, 0.4) is 0 Å². The van der Waals surface area contributed by atoms with E-state index in [0.717, 1.165) is 6.07 Å². The van der Waals surface area contributed by atoms with Crippen LogP contribution in [0.4, 0.5) is 4.39 Å². The number of fused-ring (bicyclic) bond motifs is 1. The highest BCUT2D eigenvalue weighted by atomic mass is 35.5. The van der Waals surface area contributed by atoms with E-state index in [1.54, 1.807) is 12.1 Å². The number of ether oxygens (including phenoxy) is 1. The van der Waals surface area contributed by atoms with Crippen LogP contribution >= 0.6 is 24.0 Å². The zero-order valence-electron chi connectivity index (χ0n) is 8.74. The highest BCUT2D eigenvalue weighted by molar-refractivity contribution is 6.68. The molecule has 3 nitrogen and oxygen atoms in total. The molecule has 90 valence electrons. The van der Waals surface area contributed by atoms with Gasteiger partial charge in [-0.2, -0.15) is 0 Å². The van der Waals surface area contributed by atoms with E-state index in [9.17, 15) is 9.18 Å². The van der Waals surface area contributed by atoms with Gasteiger partial charge in [0.2, 0.25) is 0 Å². The first-order valence-electron chi connectivity index (χ1n) is 4.46. The van der Waals surface area contributed by atoms with Crippen LogP contribution in [-0.2, 0) is 0 Å². The predicted molar refractivity (Wildman–Crippen MR) is 65.7 cm³/mol. The second-order valence-electron chi connectivity index (χ2n) is 3.11. The van der Waals surface area contributed by atoms with E-state index in [1.807, 2.05) is 0 Å². The largest absolute Gasteiger partial charge is 0.491 e. The number of benzene rings is 1. The highest BCUT2D eigenvalue weighted by Crippen LogP contribution is 2.30. The van der Waals surface area contributed by atoms with Gasteiger partial charge >= 0.3 is 0 Å². The summed E-state index contributed by atoms with van der Waals surface area (Å²) < 4.78 is 18.5. The third kappa shape index (κ3) is 2.33. The molecular weight excluding hydrogens is 268 g/mol. The Morgan fingerprint density at radius 3 is 2.82 bits per heavy atom. The number of rotatable bonds is 2. The van der Waals surface area contributed by atoms with Crippen molar-refractivity contribution in [3.63, 3.8) is 0 Å². The van der Waals surface area contributed by atoms with Crippen LogP contribution in [0, 0.1) is 5.82 Å². The van der Waals surface area contributed by atoms with Crippen molar-refractivity contribution in [2.75, 3.05) is 7.11 Å². The average molecular weight is 276 g/mol. The van der Waals surface area contributed by atoms with Gasteiger partial charge in [0.25, 0.3) is 5.24 Å². The van der Waals surface area contributed by atoms with Gasteiger partial charge < -0.3 is 4.74 Å². The molecule has 0 spiro atoms. The van der Waals surface area contributed by atoms with Crippen molar-refractivity contribution in [1.29, 1.82) is 0 Å². The van der Waals surface area contributed by atoms with Gasteiger partial charge in [-0.05, 0) is 23.7 Å². The molecule has 0 radical (unpaired) electrons. The normalized spacial score (nSPS) is 9.82. The predicted octanol–water partition coefficient (Wildman–Crippen LogP) is 3.18. The summed E-state index contributed by atoms with van der Waals surface area (Å²) in [6.45, 7) is 0. The van der Waals surface area contributed by atoms with Gasteiger partial charge in [0.05, 0.1) is 7.11 Å². The molecular formula is C11H8Cl2FNO2. The first-order valence-corrected chi connectivity index (χ1v) is 4.84. The Morgan fingerprint density at radius 2 is 2.24 bits per heavy atom. The van der Waals surface area contributed by atoms with Crippen molar-refractivity contribution in [3.8, 4) is 5.75 Å². The van der Waals surface area contributed by atoms with E-state index in [2.05, 4.69) is 4.98 Å². The average Bonchev–Trinajstić information content (AvgIpc) is 2.28. The minimum Gasteiger partial charge on any atom is -0.491 e. The van der Waals surface area contributed by atoms with Crippen molar-refractivity contribution in [2.45, 2.75) is 0 Å². The van der Waals surface area contributed by atoms with Crippen molar-refractivity contribution >= 4 is 40.2 Å². The van der Waals surface area contributed by atoms with E-state index in [0.29, 0.717) is 5.39 Å². The summed E-state index contributed by atoms with van der Waals surface area (Å²) in [5.41, 5.74) is 0.372.